The number of carbonyl (C=O) groups is 1. The molecule has 0 spiro atoms. The lowest BCUT2D eigenvalue weighted by Crippen LogP contribution is -2.06. The number of hydrogen-bond donors (Lipinski definition) is 0. The number of rotatable bonds is 8. The third kappa shape index (κ3) is 5.05. The summed E-state index contributed by atoms with van der Waals surface area (Å²) in [5, 5.41) is 0. The Morgan fingerprint density at radius 3 is 2.42 bits per heavy atom. The first-order chi connectivity index (χ1) is 11.5. The average Bonchev–Trinajstić information content (AvgIpc) is 2.52. The minimum absolute atomic E-state index is 0.0246. The molecule has 0 saturated heterocycles. The Hall–Kier alpha value is -2.43. The minimum atomic E-state index is -0.773. The quantitative estimate of drug-likeness (QED) is 0.669. The van der Waals surface area contributed by atoms with E-state index in [9.17, 15) is 13.6 Å². The Morgan fingerprint density at radius 2 is 1.79 bits per heavy atom. The molecule has 2 rings (SSSR count). The van der Waals surface area contributed by atoms with Crippen molar-refractivity contribution in [1.29, 1.82) is 0 Å². The van der Waals surface area contributed by atoms with Gasteiger partial charge in [0.15, 0.2) is 17.4 Å². The van der Waals surface area contributed by atoms with Crippen LogP contribution in [0.2, 0.25) is 0 Å². The van der Waals surface area contributed by atoms with Crippen molar-refractivity contribution < 1.29 is 23.0 Å². The second kappa shape index (κ2) is 8.43. The van der Waals surface area contributed by atoms with Gasteiger partial charge in [0, 0.05) is 6.42 Å². The van der Waals surface area contributed by atoms with Gasteiger partial charge in [-0.15, -0.1) is 0 Å². The van der Waals surface area contributed by atoms with Crippen LogP contribution in [0.1, 0.15) is 31.4 Å². The molecule has 0 amide bonds. The molecule has 0 aliphatic rings. The van der Waals surface area contributed by atoms with E-state index in [1.54, 1.807) is 18.2 Å². The predicted molar refractivity (Wildman–Crippen MR) is 87.3 cm³/mol. The fraction of sp³-hybridized carbons (Fsp3) is 0.316. The van der Waals surface area contributed by atoms with Gasteiger partial charge in [-0.3, -0.25) is 0 Å². The van der Waals surface area contributed by atoms with Gasteiger partial charge in [-0.25, -0.2) is 8.78 Å². The predicted octanol–water partition coefficient (Wildman–Crippen LogP) is 4.46. The number of benzene rings is 2. The molecule has 0 saturated carbocycles. The molecule has 3 nitrogen and oxygen atoms in total. The summed E-state index contributed by atoms with van der Waals surface area (Å²) in [6.07, 6.45) is 1.27. The summed E-state index contributed by atoms with van der Waals surface area (Å²) in [5.41, 5.74) is 1.17. The summed E-state index contributed by atoms with van der Waals surface area (Å²) in [7, 11) is 0. The number of aryl methyl sites for hydroxylation is 1. The molecule has 0 radical (unpaired) electrons. The largest absolute Gasteiger partial charge is 0.491 e. The second-order valence-corrected chi connectivity index (χ2v) is 5.70. The molecular formula is C19H20F2O3. The minimum Gasteiger partial charge on any atom is -0.491 e. The number of aldehydes is 1. The maximum absolute atomic E-state index is 14.0. The van der Waals surface area contributed by atoms with E-state index in [1.165, 1.54) is 12.1 Å². The smallest absolute Gasteiger partial charge is 0.191 e. The van der Waals surface area contributed by atoms with E-state index in [4.69, 9.17) is 9.47 Å². The first-order valence-corrected chi connectivity index (χ1v) is 7.79. The molecule has 2 aromatic carbocycles. The maximum Gasteiger partial charge on any atom is 0.191 e. The molecule has 0 aliphatic carbocycles. The van der Waals surface area contributed by atoms with Gasteiger partial charge in [-0.2, -0.15) is 0 Å². The van der Waals surface area contributed by atoms with Crippen LogP contribution in [0.4, 0.5) is 8.78 Å². The highest BCUT2D eigenvalue weighted by Gasteiger charge is 2.13. The summed E-state index contributed by atoms with van der Waals surface area (Å²) in [6.45, 7) is 3.86. The summed E-state index contributed by atoms with van der Waals surface area (Å²) < 4.78 is 38.9. The van der Waals surface area contributed by atoms with Crippen LogP contribution >= 0.6 is 0 Å². The fourth-order valence-corrected chi connectivity index (χ4v) is 2.26. The van der Waals surface area contributed by atoms with Crippen molar-refractivity contribution in [2.75, 3.05) is 0 Å². The van der Waals surface area contributed by atoms with Gasteiger partial charge in [-0.05, 0) is 55.7 Å². The molecule has 0 unspecified atom stereocenters. The van der Waals surface area contributed by atoms with Crippen LogP contribution in [0.5, 0.6) is 11.5 Å². The Kier molecular flexibility index (Phi) is 6.29. The topological polar surface area (TPSA) is 35.5 Å². The van der Waals surface area contributed by atoms with E-state index < -0.39 is 17.4 Å². The first-order valence-electron chi connectivity index (χ1n) is 7.79. The van der Waals surface area contributed by atoms with Crippen molar-refractivity contribution in [3.63, 3.8) is 0 Å². The lowest BCUT2D eigenvalue weighted by Gasteiger charge is -2.12. The van der Waals surface area contributed by atoms with Gasteiger partial charge in [0.1, 0.15) is 18.6 Å². The standard InChI is InChI=1S/C19H20F2O3/c1-13(2)24-16-7-3-5-15(9-16)12-23-19-17(20)10-14(6-4-8-22)11-18(19)21/h3,5,7-11,13H,4,6,12H2,1-2H3. The van der Waals surface area contributed by atoms with Crippen molar-refractivity contribution in [2.24, 2.45) is 0 Å². The van der Waals surface area contributed by atoms with Crippen LogP contribution in [0.15, 0.2) is 36.4 Å². The van der Waals surface area contributed by atoms with E-state index in [-0.39, 0.29) is 19.1 Å². The highest BCUT2D eigenvalue weighted by molar-refractivity contribution is 5.50. The first kappa shape index (κ1) is 17.9. The fourth-order valence-electron chi connectivity index (χ4n) is 2.26. The molecule has 0 N–H and O–H groups in total. The van der Waals surface area contributed by atoms with Gasteiger partial charge >= 0.3 is 0 Å². The van der Waals surface area contributed by atoms with Gasteiger partial charge in [0.05, 0.1) is 6.10 Å². The zero-order chi connectivity index (χ0) is 17.5. The molecule has 24 heavy (non-hydrogen) atoms. The van der Waals surface area contributed by atoms with Crippen LogP contribution in [0.3, 0.4) is 0 Å². The Morgan fingerprint density at radius 1 is 1.08 bits per heavy atom. The van der Waals surface area contributed by atoms with Crippen molar-refractivity contribution in [1.82, 2.24) is 0 Å². The monoisotopic (exact) mass is 334 g/mol. The molecule has 5 heteroatoms. The normalized spacial score (nSPS) is 10.7. The molecule has 128 valence electrons. The van der Waals surface area contributed by atoms with Crippen LogP contribution < -0.4 is 9.47 Å². The van der Waals surface area contributed by atoms with Crippen LogP contribution in [0.25, 0.3) is 0 Å². The molecule has 0 heterocycles. The molecule has 0 aromatic heterocycles. The summed E-state index contributed by atoms with van der Waals surface area (Å²) in [4.78, 5) is 10.3. The average molecular weight is 334 g/mol. The van der Waals surface area contributed by atoms with Crippen LogP contribution in [0, 0.1) is 11.6 Å². The van der Waals surface area contributed by atoms with E-state index in [0.29, 0.717) is 24.0 Å². The van der Waals surface area contributed by atoms with Crippen molar-refractivity contribution >= 4 is 6.29 Å². The second-order valence-electron chi connectivity index (χ2n) is 5.70. The number of halogens is 2. The Bertz CT molecular complexity index is 676. The number of carbonyl (C=O) groups excluding carboxylic acids is 1. The number of ether oxygens (including phenoxy) is 2. The Balaban J connectivity index is 2.07. The van der Waals surface area contributed by atoms with E-state index in [2.05, 4.69) is 0 Å². The summed E-state index contributed by atoms with van der Waals surface area (Å²) >= 11 is 0. The molecule has 0 fully saturated rings. The lowest BCUT2D eigenvalue weighted by molar-refractivity contribution is -0.107. The SMILES string of the molecule is CC(C)Oc1cccc(COc2c(F)cc(CCC=O)cc2F)c1. The van der Waals surface area contributed by atoms with Crippen LogP contribution in [-0.2, 0) is 17.8 Å². The summed E-state index contributed by atoms with van der Waals surface area (Å²) in [6, 6.07) is 9.56. The van der Waals surface area contributed by atoms with Crippen molar-refractivity contribution in [2.45, 2.75) is 39.4 Å². The summed E-state index contributed by atoms with van der Waals surface area (Å²) in [5.74, 6) is -1.28. The van der Waals surface area contributed by atoms with E-state index in [1.807, 2.05) is 19.9 Å². The lowest BCUT2D eigenvalue weighted by atomic mass is 10.1. The maximum atomic E-state index is 14.0. The molecule has 2 aromatic rings. The highest BCUT2D eigenvalue weighted by Crippen LogP contribution is 2.25. The molecule has 0 bridgehead atoms. The van der Waals surface area contributed by atoms with E-state index >= 15 is 0 Å². The van der Waals surface area contributed by atoms with E-state index in [0.717, 1.165) is 5.56 Å². The van der Waals surface area contributed by atoms with Gasteiger partial charge in [-0.1, -0.05) is 12.1 Å². The zero-order valence-electron chi connectivity index (χ0n) is 13.7. The highest BCUT2D eigenvalue weighted by atomic mass is 19.1. The Labute approximate surface area is 140 Å². The third-order valence-corrected chi connectivity index (χ3v) is 3.26. The van der Waals surface area contributed by atoms with Crippen LogP contribution in [-0.4, -0.2) is 12.4 Å². The zero-order valence-corrected chi connectivity index (χ0v) is 13.7. The molecule has 0 aliphatic heterocycles. The van der Waals surface area contributed by atoms with Crippen molar-refractivity contribution in [3.8, 4) is 11.5 Å². The van der Waals surface area contributed by atoms with Gasteiger partial charge < -0.3 is 14.3 Å². The van der Waals surface area contributed by atoms with Crippen molar-refractivity contribution in [3.05, 3.63) is 59.2 Å². The van der Waals surface area contributed by atoms with Gasteiger partial charge in [0.25, 0.3) is 0 Å². The molecule has 0 atom stereocenters. The third-order valence-electron chi connectivity index (χ3n) is 3.26. The number of hydrogen-bond acceptors (Lipinski definition) is 3. The van der Waals surface area contributed by atoms with Gasteiger partial charge in [0.2, 0.25) is 0 Å². The molecular weight excluding hydrogens is 314 g/mol.